The molecule has 7 heteroatoms. The molecule has 1 heterocycles. The normalized spacial score (nSPS) is 34.7. The molecule has 2 aliphatic carbocycles. The molecule has 3 fully saturated rings. The fraction of sp³-hybridized carbons (Fsp3) is 0.500. The van der Waals surface area contributed by atoms with Gasteiger partial charge < -0.3 is 14.2 Å². The third kappa shape index (κ3) is 2.56. The standard InChI is InChI=1S/C18H17BrO6/c1-23-9-4-2-8(3-5-9)12(20)7-24-17(21)13-10-6-11-14(13)18(22)25-16(11)15(10)19/h2-5,10-11,13-16H,6-7H2,1H3/t10-,11+,13-,14-,15+,16-/m0/s1. The van der Waals surface area contributed by atoms with Crippen LogP contribution in [0.2, 0.25) is 0 Å². The smallest absolute Gasteiger partial charge is 0.310 e. The number of hydrogen-bond acceptors (Lipinski definition) is 6. The number of rotatable bonds is 5. The second-order valence-corrected chi connectivity index (χ2v) is 7.78. The summed E-state index contributed by atoms with van der Waals surface area (Å²) >= 11 is 3.55. The fourth-order valence-electron chi connectivity index (χ4n) is 4.39. The van der Waals surface area contributed by atoms with Crippen LogP contribution in [0, 0.1) is 23.7 Å². The summed E-state index contributed by atoms with van der Waals surface area (Å²) in [5.74, 6) is -1.29. The molecule has 0 spiro atoms. The van der Waals surface area contributed by atoms with Crippen LogP contribution in [0.4, 0.5) is 0 Å². The lowest BCUT2D eigenvalue weighted by Gasteiger charge is -2.26. The van der Waals surface area contributed by atoms with Crippen molar-refractivity contribution >= 4 is 33.7 Å². The van der Waals surface area contributed by atoms with E-state index < -0.39 is 17.8 Å². The highest BCUT2D eigenvalue weighted by molar-refractivity contribution is 9.09. The van der Waals surface area contributed by atoms with Gasteiger partial charge in [0.05, 0.1) is 23.8 Å². The summed E-state index contributed by atoms with van der Waals surface area (Å²) in [7, 11) is 1.55. The number of fused-ring (bicyclic) bond motifs is 1. The number of esters is 2. The molecule has 0 radical (unpaired) electrons. The molecule has 2 saturated carbocycles. The number of hydrogen-bond donors (Lipinski definition) is 0. The number of methoxy groups -OCH3 is 1. The molecule has 0 amide bonds. The van der Waals surface area contributed by atoms with Gasteiger partial charge in [-0.2, -0.15) is 0 Å². The van der Waals surface area contributed by atoms with E-state index in [0.717, 1.165) is 6.42 Å². The zero-order valence-corrected chi connectivity index (χ0v) is 15.1. The van der Waals surface area contributed by atoms with Crippen molar-refractivity contribution in [2.75, 3.05) is 13.7 Å². The molecule has 0 N–H and O–H groups in total. The van der Waals surface area contributed by atoms with Crippen molar-refractivity contribution in [2.24, 2.45) is 23.7 Å². The van der Waals surface area contributed by atoms with Crippen LogP contribution in [0.1, 0.15) is 16.8 Å². The van der Waals surface area contributed by atoms with E-state index in [4.69, 9.17) is 14.2 Å². The molecule has 6 nitrogen and oxygen atoms in total. The maximum Gasteiger partial charge on any atom is 0.310 e. The van der Waals surface area contributed by atoms with Crippen molar-refractivity contribution < 1.29 is 28.6 Å². The van der Waals surface area contributed by atoms with Gasteiger partial charge in [-0.1, -0.05) is 15.9 Å². The Labute approximate surface area is 152 Å². The highest BCUT2D eigenvalue weighted by Crippen LogP contribution is 2.60. The van der Waals surface area contributed by atoms with Gasteiger partial charge in [-0.25, -0.2) is 0 Å². The van der Waals surface area contributed by atoms with Crippen molar-refractivity contribution in [3.8, 4) is 5.75 Å². The first-order valence-corrected chi connectivity index (χ1v) is 9.11. The SMILES string of the molecule is COc1ccc(C(=O)COC(=O)[C@H]2[C@@H]3C[C@H]4[C@H](OC(=O)[C@@H]42)[C@@H]3Br)cc1. The summed E-state index contributed by atoms with van der Waals surface area (Å²) in [5, 5.41) is 0. The number of ketones is 1. The molecule has 3 aliphatic rings. The van der Waals surface area contributed by atoms with E-state index in [1.54, 1.807) is 31.4 Å². The minimum Gasteiger partial charge on any atom is -0.497 e. The highest BCUT2D eigenvalue weighted by Gasteiger charge is 2.68. The Morgan fingerprint density at radius 1 is 1.24 bits per heavy atom. The number of alkyl halides is 1. The van der Waals surface area contributed by atoms with Crippen LogP contribution < -0.4 is 4.74 Å². The van der Waals surface area contributed by atoms with Gasteiger partial charge >= 0.3 is 11.9 Å². The van der Waals surface area contributed by atoms with Gasteiger partial charge in [-0.15, -0.1) is 0 Å². The van der Waals surface area contributed by atoms with Crippen LogP contribution in [-0.4, -0.2) is 42.4 Å². The van der Waals surface area contributed by atoms with Gasteiger partial charge in [0.2, 0.25) is 0 Å². The summed E-state index contributed by atoms with van der Waals surface area (Å²) in [6, 6.07) is 6.60. The molecule has 25 heavy (non-hydrogen) atoms. The first kappa shape index (κ1) is 16.6. The second kappa shape index (κ2) is 6.12. The lowest BCUT2D eigenvalue weighted by molar-refractivity contribution is -0.154. The second-order valence-electron chi connectivity index (χ2n) is 6.72. The van der Waals surface area contributed by atoms with Crippen LogP contribution in [0.3, 0.4) is 0 Å². The minimum absolute atomic E-state index is 0.0185. The van der Waals surface area contributed by atoms with Crippen molar-refractivity contribution in [1.29, 1.82) is 0 Å². The summed E-state index contributed by atoms with van der Waals surface area (Å²) in [6.45, 7) is -0.336. The number of Topliss-reactive ketones (excluding diaryl/α,β-unsaturated/α-hetero) is 1. The fourth-order valence-corrected chi connectivity index (χ4v) is 5.43. The summed E-state index contributed by atoms with van der Waals surface area (Å²) in [4.78, 5) is 36.7. The van der Waals surface area contributed by atoms with Crippen molar-refractivity contribution in [2.45, 2.75) is 17.4 Å². The van der Waals surface area contributed by atoms with Crippen LogP contribution in [0.5, 0.6) is 5.75 Å². The van der Waals surface area contributed by atoms with Gasteiger partial charge in [0.15, 0.2) is 12.4 Å². The molecule has 1 aromatic carbocycles. The average molecular weight is 409 g/mol. The molecule has 6 atom stereocenters. The van der Waals surface area contributed by atoms with Crippen molar-refractivity contribution in [3.05, 3.63) is 29.8 Å². The van der Waals surface area contributed by atoms with E-state index in [1.165, 1.54) is 0 Å². The molecule has 4 rings (SSSR count). The number of ether oxygens (including phenoxy) is 3. The first-order chi connectivity index (χ1) is 12.0. The molecule has 1 saturated heterocycles. The van der Waals surface area contributed by atoms with E-state index in [0.29, 0.717) is 11.3 Å². The van der Waals surface area contributed by atoms with Crippen molar-refractivity contribution in [3.63, 3.8) is 0 Å². The van der Waals surface area contributed by atoms with E-state index >= 15 is 0 Å². The molecule has 1 aromatic rings. The molecular weight excluding hydrogens is 392 g/mol. The van der Waals surface area contributed by atoms with Gasteiger partial charge in [-0.05, 0) is 36.6 Å². The van der Waals surface area contributed by atoms with Gasteiger partial charge in [0, 0.05) is 11.5 Å². The van der Waals surface area contributed by atoms with E-state index in [1.807, 2.05) is 0 Å². The number of benzene rings is 1. The first-order valence-electron chi connectivity index (χ1n) is 8.19. The zero-order valence-electron chi connectivity index (χ0n) is 13.5. The predicted octanol–water partition coefficient (Wildman–Crippen LogP) is 1.99. The number of halogens is 1. The lowest BCUT2D eigenvalue weighted by atomic mass is 9.80. The molecule has 132 valence electrons. The summed E-state index contributed by atoms with van der Waals surface area (Å²) in [5.41, 5.74) is 0.445. The minimum atomic E-state index is -0.524. The maximum absolute atomic E-state index is 12.5. The van der Waals surface area contributed by atoms with Crippen LogP contribution in [0.15, 0.2) is 24.3 Å². The molecule has 2 bridgehead atoms. The van der Waals surface area contributed by atoms with Gasteiger partial charge in [0.25, 0.3) is 0 Å². The Balaban J connectivity index is 1.41. The maximum atomic E-state index is 12.5. The Hall–Kier alpha value is -1.89. The molecule has 0 aromatic heterocycles. The van der Waals surface area contributed by atoms with Gasteiger partial charge in [0.1, 0.15) is 11.9 Å². The predicted molar refractivity (Wildman–Crippen MR) is 89.5 cm³/mol. The Kier molecular flexibility index (Phi) is 4.06. The summed E-state index contributed by atoms with van der Waals surface area (Å²) < 4.78 is 15.7. The monoisotopic (exact) mass is 408 g/mol. The Morgan fingerprint density at radius 2 is 1.96 bits per heavy atom. The molecule has 1 aliphatic heterocycles. The zero-order chi connectivity index (χ0) is 17.7. The number of carbonyl (C=O) groups excluding carboxylic acids is 3. The lowest BCUT2D eigenvalue weighted by Crippen LogP contribution is -2.39. The topological polar surface area (TPSA) is 78.9 Å². The summed E-state index contributed by atoms with van der Waals surface area (Å²) in [6.07, 6.45) is 0.649. The number of carbonyl (C=O) groups is 3. The largest absolute Gasteiger partial charge is 0.497 e. The van der Waals surface area contributed by atoms with Crippen LogP contribution in [-0.2, 0) is 19.1 Å². The molecule has 0 unspecified atom stereocenters. The van der Waals surface area contributed by atoms with Gasteiger partial charge in [-0.3, -0.25) is 14.4 Å². The van der Waals surface area contributed by atoms with Crippen LogP contribution >= 0.6 is 15.9 Å². The van der Waals surface area contributed by atoms with E-state index in [2.05, 4.69) is 15.9 Å². The third-order valence-electron chi connectivity index (χ3n) is 5.55. The average Bonchev–Trinajstić information content (AvgIpc) is 3.23. The third-order valence-corrected chi connectivity index (χ3v) is 6.75. The quantitative estimate of drug-likeness (QED) is 0.421. The van der Waals surface area contributed by atoms with E-state index in [-0.39, 0.29) is 41.1 Å². The Bertz CT molecular complexity index is 730. The van der Waals surface area contributed by atoms with Crippen LogP contribution in [0.25, 0.3) is 0 Å². The molecular formula is C18H17BrO6. The highest BCUT2D eigenvalue weighted by atomic mass is 79.9. The van der Waals surface area contributed by atoms with E-state index in [9.17, 15) is 14.4 Å². The van der Waals surface area contributed by atoms with Crippen molar-refractivity contribution in [1.82, 2.24) is 0 Å². The Morgan fingerprint density at radius 3 is 2.64 bits per heavy atom.